The fourth-order valence-electron chi connectivity index (χ4n) is 2.01. The van der Waals surface area contributed by atoms with Gasteiger partial charge in [0.25, 0.3) is 0 Å². The normalized spacial score (nSPS) is 11.5. The van der Waals surface area contributed by atoms with Crippen LogP contribution in [0.1, 0.15) is 0 Å². The van der Waals surface area contributed by atoms with Crippen molar-refractivity contribution in [1.29, 1.82) is 0 Å². The zero-order chi connectivity index (χ0) is 19.3. The van der Waals surface area contributed by atoms with E-state index in [-0.39, 0.29) is 22.9 Å². The lowest BCUT2D eigenvalue weighted by Gasteiger charge is -2.12. The molecule has 0 saturated carbocycles. The van der Waals surface area contributed by atoms with Crippen molar-refractivity contribution in [2.45, 2.75) is 4.90 Å². The summed E-state index contributed by atoms with van der Waals surface area (Å²) in [5, 5.41) is 11.3. The minimum Gasteiger partial charge on any atom is -0.450 e. The van der Waals surface area contributed by atoms with Crippen molar-refractivity contribution in [1.82, 2.24) is 9.62 Å². The van der Waals surface area contributed by atoms with Gasteiger partial charge >= 0.3 is 5.69 Å². The number of nitro groups is 1. The number of sulfonamides is 1. The molecule has 0 aliphatic rings. The summed E-state index contributed by atoms with van der Waals surface area (Å²) in [5.74, 6) is -0.430. The summed E-state index contributed by atoms with van der Waals surface area (Å²) >= 11 is 0. The van der Waals surface area contributed by atoms with Crippen LogP contribution >= 0.6 is 0 Å². The summed E-state index contributed by atoms with van der Waals surface area (Å²) < 4.78 is 45.2. The SMILES string of the molecule is CN(C)CCNS(=O)(=O)c1ccc(Oc2ccc(F)cc2)c([N+](=O)[O-])c1. The number of nitrogens with one attached hydrogen (secondary N) is 1. The predicted molar refractivity (Wildman–Crippen MR) is 93.3 cm³/mol. The van der Waals surface area contributed by atoms with Crippen LogP contribution in [0.15, 0.2) is 47.4 Å². The summed E-state index contributed by atoms with van der Waals surface area (Å²) in [6, 6.07) is 8.26. The molecule has 1 N–H and O–H groups in total. The number of hydrogen-bond donors (Lipinski definition) is 1. The molecule has 0 radical (unpaired) electrons. The third-order valence-electron chi connectivity index (χ3n) is 3.33. The molecule has 10 heteroatoms. The Balaban J connectivity index is 2.27. The minimum absolute atomic E-state index is 0.145. The van der Waals surface area contributed by atoms with Crippen LogP contribution in [-0.2, 0) is 10.0 Å². The third-order valence-corrected chi connectivity index (χ3v) is 4.79. The van der Waals surface area contributed by atoms with Crippen LogP contribution in [0.3, 0.4) is 0 Å². The lowest BCUT2D eigenvalue weighted by Crippen LogP contribution is -2.31. The van der Waals surface area contributed by atoms with Gasteiger partial charge in [-0.05, 0) is 50.5 Å². The fraction of sp³-hybridized carbons (Fsp3) is 0.250. The van der Waals surface area contributed by atoms with Crippen LogP contribution in [-0.4, -0.2) is 45.4 Å². The molecule has 0 spiro atoms. The molecular weight excluding hydrogens is 365 g/mol. The van der Waals surface area contributed by atoms with Crippen molar-refractivity contribution in [3.8, 4) is 11.5 Å². The van der Waals surface area contributed by atoms with Crippen LogP contribution in [0.5, 0.6) is 11.5 Å². The number of ether oxygens (including phenoxy) is 1. The predicted octanol–water partition coefficient (Wildman–Crippen LogP) is 2.37. The van der Waals surface area contributed by atoms with Crippen molar-refractivity contribution in [2.24, 2.45) is 0 Å². The van der Waals surface area contributed by atoms with Crippen molar-refractivity contribution in [3.05, 3.63) is 58.4 Å². The van der Waals surface area contributed by atoms with Crippen molar-refractivity contribution in [2.75, 3.05) is 27.2 Å². The first kappa shape index (κ1) is 19.8. The monoisotopic (exact) mass is 383 g/mol. The smallest absolute Gasteiger partial charge is 0.312 e. The van der Waals surface area contributed by atoms with Crippen LogP contribution in [0, 0.1) is 15.9 Å². The van der Waals surface area contributed by atoms with Crippen molar-refractivity contribution in [3.63, 3.8) is 0 Å². The molecule has 2 aromatic rings. The Labute approximate surface area is 150 Å². The molecule has 2 rings (SSSR count). The highest BCUT2D eigenvalue weighted by Crippen LogP contribution is 2.33. The Morgan fingerprint density at radius 2 is 1.85 bits per heavy atom. The quantitative estimate of drug-likeness (QED) is 0.555. The maximum absolute atomic E-state index is 12.9. The molecule has 140 valence electrons. The number of rotatable bonds is 8. The average Bonchev–Trinajstić information content (AvgIpc) is 2.56. The van der Waals surface area contributed by atoms with Crippen LogP contribution in [0.25, 0.3) is 0 Å². The Hall–Kier alpha value is -2.56. The summed E-state index contributed by atoms with van der Waals surface area (Å²) in [6.07, 6.45) is 0. The average molecular weight is 383 g/mol. The molecule has 2 aromatic carbocycles. The van der Waals surface area contributed by atoms with Crippen molar-refractivity contribution >= 4 is 15.7 Å². The van der Waals surface area contributed by atoms with Gasteiger partial charge < -0.3 is 9.64 Å². The standard InChI is InChI=1S/C16H18FN3O5S/c1-19(2)10-9-18-26(23,24)14-7-8-16(15(11-14)20(21)22)25-13-5-3-12(17)4-6-13/h3-8,11,18H,9-10H2,1-2H3. The fourth-order valence-corrected chi connectivity index (χ4v) is 3.05. The van der Waals surface area contributed by atoms with Gasteiger partial charge in [-0.15, -0.1) is 0 Å². The molecule has 0 bridgehead atoms. The van der Waals surface area contributed by atoms with E-state index < -0.39 is 26.5 Å². The van der Waals surface area contributed by atoms with Gasteiger partial charge in [-0.2, -0.15) is 0 Å². The molecule has 0 unspecified atom stereocenters. The van der Waals surface area contributed by atoms with E-state index in [9.17, 15) is 22.9 Å². The summed E-state index contributed by atoms with van der Waals surface area (Å²) in [5.41, 5.74) is -0.509. The molecule has 8 nitrogen and oxygen atoms in total. The lowest BCUT2D eigenvalue weighted by atomic mass is 10.3. The zero-order valence-corrected chi connectivity index (χ0v) is 15.0. The Kier molecular flexibility index (Phi) is 6.24. The van der Waals surface area contributed by atoms with E-state index in [4.69, 9.17) is 4.74 Å². The van der Waals surface area contributed by atoms with Crippen molar-refractivity contribution < 1.29 is 22.5 Å². The molecule has 0 fully saturated rings. The summed E-state index contributed by atoms with van der Waals surface area (Å²) in [7, 11) is -0.309. The first-order valence-electron chi connectivity index (χ1n) is 7.55. The molecule has 0 aliphatic carbocycles. The summed E-state index contributed by atoms with van der Waals surface area (Å²) in [4.78, 5) is 12.1. The maximum Gasteiger partial charge on any atom is 0.312 e. The van der Waals surface area contributed by atoms with Gasteiger partial charge in [-0.1, -0.05) is 0 Å². The molecule has 26 heavy (non-hydrogen) atoms. The van der Waals surface area contributed by atoms with Crippen LogP contribution in [0.2, 0.25) is 0 Å². The van der Waals surface area contributed by atoms with E-state index in [0.29, 0.717) is 6.54 Å². The van der Waals surface area contributed by atoms with Gasteiger partial charge in [-0.25, -0.2) is 17.5 Å². The largest absolute Gasteiger partial charge is 0.450 e. The van der Waals surface area contributed by atoms with Gasteiger partial charge in [0, 0.05) is 19.2 Å². The number of benzene rings is 2. The molecule has 0 heterocycles. The molecule has 0 atom stereocenters. The van der Waals surface area contributed by atoms with Gasteiger partial charge in [0.05, 0.1) is 9.82 Å². The van der Waals surface area contributed by atoms with Crippen LogP contribution < -0.4 is 9.46 Å². The van der Waals surface area contributed by atoms with E-state index >= 15 is 0 Å². The first-order valence-corrected chi connectivity index (χ1v) is 9.03. The number of nitro benzene ring substituents is 1. The summed E-state index contributed by atoms with van der Waals surface area (Å²) in [6.45, 7) is 0.643. The van der Waals surface area contributed by atoms with E-state index in [1.54, 1.807) is 19.0 Å². The molecule has 0 saturated heterocycles. The second-order valence-electron chi connectivity index (χ2n) is 5.64. The number of hydrogen-bond acceptors (Lipinski definition) is 6. The molecule has 0 aliphatic heterocycles. The number of halogens is 1. The van der Waals surface area contributed by atoms with E-state index in [0.717, 1.165) is 18.2 Å². The lowest BCUT2D eigenvalue weighted by molar-refractivity contribution is -0.385. The highest BCUT2D eigenvalue weighted by Gasteiger charge is 2.22. The maximum atomic E-state index is 12.9. The van der Waals surface area contributed by atoms with Crippen LogP contribution in [0.4, 0.5) is 10.1 Å². The van der Waals surface area contributed by atoms with E-state index in [1.807, 2.05) is 0 Å². The second kappa shape index (κ2) is 8.21. The Morgan fingerprint density at radius 3 is 2.42 bits per heavy atom. The van der Waals surface area contributed by atoms with E-state index in [2.05, 4.69) is 4.72 Å². The number of nitrogens with zero attached hydrogens (tertiary/aromatic N) is 2. The first-order chi connectivity index (χ1) is 12.2. The highest BCUT2D eigenvalue weighted by molar-refractivity contribution is 7.89. The minimum atomic E-state index is -3.89. The molecule has 0 aromatic heterocycles. The zero-order valence-electron chi connectivity index (χ0n) is 14.2. The van der Waals surface area contributed by atoms with Gasteiger partial charge in [-0.3, -0.25) is 10.1 Å². The van der Waals surface area contributed by atoms with Gasteiger partial charge in [0.15, 0.2) is 0 Å². The highest BCUT2D eigenvalue weighted by atomic mass is 32.2. The molecule has 0 amide bonds. The topological polar surface area (TPSA) is 102 Å². The molecular formula is C16H18FN3O5S. The van der Waals surface area contributed by atoms with Gasteiger partial charge in [0.2, 0.25) is 15.8 Å². The Morgan fingerprint density at radius 1 is 1.19 bits per heavy atom. The number of likely N-dealkylation sites (N-methyl/N-ethyl adjacent to an activating group) is 1. The Bertz CT molecular complexity index is 885. The second-order valence-corrected chi connectivity index (χ2v) is 7.41. The van der Waals surface area contributed by atoms with Gasteiger partial charge in [0.1, 0.15) is 11.6 Å². The van der Waals surface area contributed by atoms with E-state index in [1.165, 1.54) is 24.3 Å². The third kappa shape index (κ3) is 5.22.